The van der Waals surface area contributed by atoms with Gasteiger partial charge in [-0.2, -0.15) is 0 Å². The molecule has 1 unspecified atom stereocenters. The van der Waals surface area contributed by atoms with Crippen LogP contribution in [0.1, 0.15) is 70.6 Å². The maximum Gasteiger partial charge on any atom is 0.410 e. The first-order valence-corrected chi connectivity index (χ1v) is 15.3. The molecule has 2 N–H and O–H groups in total. The number of anilines is 1. The summed E-state index contributed by atoms with van der Waals surface area (Å²) in [5.41, 5.74) is 8.38. The minimum absolute atomic E-state index is 0.0547. The summed E-state index contributed by atoms with van der Waals surface area (Å²) in [4.78, 5) is 15.5. The Balaban J connectivity index is 1.73. The van der Waals surface area contributed by atoms with E-state index >= 15 is 0 Å². The fourth-order valence-electron chi connectivity index (χ4n) is 5.40. The number of ether oxygens (including phenoxy) is 1. The van der Waals surface area contributed by atoms with E-state index in [9.17, 15) is 4.79 Å². The number of nitrogens with zero attached hydrogens (tertiary/aromatic N) is 1. The second kappa shape index (κ2) is 8.72. The van der Waals surface area contributed by atoms with Crippen molar-refractivity contribution in [3.63, 3.8) is 0 Å². The van der Waals surface area contributed by atoms with Crippen LogP contribution in [0.25, 0.3) is 0 Å². The van der Waals surface area contributed by atoms with Crippen LogP contribution in [0.3, 0.4) is 0 Å². The minimum Gasteiger partial charge on any atom is -0.443 e. The summed E-state index contributed by atoms with van der Waals surface area (Å²) in [5.74, 6) is 0.0556. The van der Waals surface area contributed by atoms with Gasteiger partial charge in [-0.15, -0.1) is 0 Å². The number of hydrogen-bond donors (Lipinski definition) is 1. The Hall–Kier alpha value is -2.31. The summed E-state index contributed by atoms with van der Waals surface area (Å²) in [6.45, 7) is 15.4. The molecule has 2 aromatic rings. The van der Waals surface area contributed by atoms with Gasteiger partial charge >= 0.3 is 6.09 Å². The van der Waals surface area contributed by atoms with E-state index in [1.807, 2.05) is 36.9 Å². The highest BCUT2D eigenvalue weighted by atomic mass is 28.4. The van der Waals surface area contributed by atoms with Gasteiger partial charge in [0, 0.05) is 17.6 Å². The molecule has 0 saturated carbocycles. The van der Waals surface area contributed by atoms with Gasteiger partial charge in [0.25, 0.3) is 0 Å². The first-order chi connectivity index (χ1) is 15.8. The van der Waals surface area contributed by atoms with Crippen molar-refractivity contribution in [3.05, 3.63) is 65.7 Å². The van der Waals surface area contributed by atoms with Crippen LogP contribution in [0, 0.1) is 0 Å². The van der Waals surface area contributed by atoms with Crippen LogP contribution < -0.4 is 5.73 Å². The van der Waals surface area contributed by atoms with Crippen LogP contribution in [-0.2, 0) is 9.16 Å². The molecule has 0 bridgehead atoms. The predicted octanol–water partition coefficient (Wildman–Crippen LogP) is 6.88. The molecule has 2 aromatic carbocycles. The van der Waals surface area contributed by atoms with Crippen LogP contribution in [-0.4, -0.2) is 37.0 Å². The van der Waals surface area contributed by atoms with Gasteiger partial charge in [-0.25, -0.2) is 4.79 Å². The Morgan fingerprint density at radius 1 is 1.06 bits per heavy atom. The molecule has 2 aliphatic heterocycles. The second-order valence-corrected chi connectivity index (χ2v) is 16.7. The standard InChI is InChI=1S/C28H40N2O3Si/c1-27(2,3)34(6,7)33-25(20-11-9-8-10-12-20)23-18-17-22-24(19-13-15-21(29)16-14-19)28(4,5)32-26(31)30(22)23/h8-16,22-25H,17-18,29H2,1-7H3/t22-,23+,24?,25+/m0/s1. The van der Waals surface area contributed by atoms with Crippen molar-refractivity contribution < 1.29 is 14.0 Å². The molecular weight excluding hydrogens is 440 g/mol. The molecule has 6 heteroatoms. The Labute approximate surface area is 205 Å². The minimum atomic E-state index is -2.11. The lowest BCUT2D eigenvalue weighted by molar-refractivity contribution is -0.0739. The molecule has 2 saturated heterocycles. The van der Waals surface area contributed by atoms with E-state index in [1.165, 1.54) is 0 Å². The maximum atomic E-state index is 13.5. The van der Waals surface area contributed by atoms with Crippen LogP contribution in [0.4, 0.5) is 10.5 Å². The van der Waals surface area contributed by atoms with E-state index in [2.05, 4.69) is 70.3 Å². The van der Waals surface area contributed by atoms with Crippen molar-refractivity contribution in [3.8, 4) is 0 Å². The first-order valence-electron chi connectivity index (χ1n) is 12.4. The monoisotopic (exact) mass is 480 g/mol. The summed E-state index contributed by atoms with van der Waals surface area (Å²) in [6, 6.07) is 18.4. The molecule has 5 nitrogen and oxygen atoms in total. The third-order valence-corrected chi connectivity index (χ3v) is 12.6. The zero-order chi connectivity index (χ0) is 24.9. The molecule has 2 heterocycles. The largest absolute Gasteiger partial charge is 0.443 e. The second-order valence-electron chi connectivity index (χ2n) is 11.9. The van der Waals surface area contributed by atoms with Gasteiger partial charge in [-0.05, 0) is 68.1 Å². The van der Waals surface area contributed by atoms with Crippen molar-refractivity contribution in [1.29, 1.82) is 0 Å². The molecule has 0 aliphatic carbocycles. The number of nitrogens with two attached hydrogens (primary N) is 1. The highest BCUT2D eigenvalue weighted by Gasteiger charge is 2.56. The summed E-state index contributed by atoms with van der Waals surface area (Å²) in [7, 11) is -2.11. The summed E-state index contributed by atoms with van der Waals surface area (Å²) in [5, 5.41) is 0.0644. The maximum absolute atomic E-state index is 13.5. The van der Waals surface area contributed by atoms with Gasteiger partial charge in [0.1, 0.15) is 5.60 Å². The quantitative estimate of drug-likeness (QED) is 0.374. The Kier molecular flexibility index (Phi) is 6.36. The summed E-state index contributed by atoms with van der Waals surface area (Å²) < 4.78 is 13.2. The number of amides is 1. The number of benzene rings is 2. The van der Waals surface area contributed by atoms with E-state index in [-0.39, 0.29) is 35.2 Å². The van der Waals surface area contributed by atoms with E-state index in [4.69, 9.17) is 14.9 Å². The highest BCUT2D eigenvalue weighted by molar-refractivity contribution is 6.74. The van der Waals surface area contributed by atoms with Crippen LogP contribution in [0.15, 0.2) is 54.6 Å². The van der Waals surface area contributed by atoms with Gasteiger partial charge in [0.15, 0.2) is 8.32 Å². The van der Waals surface area contributed by atoms with Crippen LogP contribution >= 0.6 is 0 Å². The van der Waals surface area contributed by atoms with Crippen molar-refractivity contribution in [1.82, 2.24) is 4.90 Å². The first kappa shape index (κ1) is 24.8. The number of carbonyl (C=O) groups excluding carboxylic acids is 1. The SMILES string of the molecule is CC1(C)OC(=O)N2[C@@H]([C@H](O[Si](C)(C)C(C)(C)C)c3ccccc3)CC[C@H]2C1c1ccc(N)cc1. The average molecular weight is 481 g/mol. The zero-order valence-corrected chi connectivity index (χ0v) is 22.7. The van der Waals surface area contributed by atoms with Crippen molar-refractivity contribution in [2.45, 2.75) is 95.3 Å². The third kappa shape index (κ3) is 4.50. The van der Waals surface area contributed by atoms with Gasteiger partial charge in [0.2, 0.25) is 0 Å². The Morgan fingerprint density at radius 3 is 2.26 bits per heavy atom. The number of cyclic esters (lactones) is 1. The summed E-state index contributed by atoms with van der Waals surface area (Å²) in [6.07, 6.45) is 1.38. The van der Waals surface area contributed by atoms with Crippen molar-refractivity contribution in [2.24, 2.45) is 0 Å². The van der Waals surface area contributed by atoms with E-state index < -0.39 is 13.9 Å². The Morgan fingerprint density at radius 2 is 1.68 bits per heavy atom. The number of rotatable bonds is 5. The van der Waals surface area contributed by atoms with Crippen LogP contribution in [0.5, 0.6) is 0 Å². The molecule has 0 radical (unpaired) electrons. The number of nitrogen functional groups attached to an aromatic ring is 1. The molecular formula is C28H40N2O3Si. The average Bonchev–Trinajstić information content (AvgIpc) is 3.17. The number of fused-ring (bicyclic) bond motifs is 1. The highest BCUT2D eigenvalue weighted by Crippen LogP contribution is 2.50. The van der Waals surface area contributed by atoms with E-state index in [0.717, 1.165) is 29.7 Å². The fraction of sp³-hybridized carbons (Fsp3) is 0.536. The number of carbonyl (C=O) groups is 1. The zero-order valence-electron chi connectivity index (χ0n) is 21.7. The molecule has 4 rings (SSSR count). The van der Waals surface area contributed by atoms with Crippen molar-refractivity contribution in [2.75, 3.05) is 5.73 Å². The predicted molar refractivity (Wildman–Crippen MR) is 140 cm³/mol. The third-order valence-electron chi connectivity index (χ3n) is 8.17. The van der Waals surface area contributed by atoms with Crippen molar-refractivity contribution >= 4 is 20.1 Å². The van der Waals surface area contributed by atoms with Crippen LogP contribution in [0.2, 0.25) is 18.1 Å². The lowest BCUT2D eigenvalue weighted by Crippen LogP contribution is -2.58. The molecule has 184 valence electrons. The molecule has 34 heavy (non-hydrogen) atoms. The summed E-state index contributed by atoms with van der Waals surface area (Å²) >= 11 is 0. The van der Waals surface area contributed by atoms with E-state index in [0.29, 0.717) is 0 Å². The lowest BCUT2D eigenvalue weighted by Gasteiger charge is -2.49. The van der Waals surface area contributed by atoms with Gasteiger partial charge in [0.05, 0.1) is 12.1 Å². The Bertz CT molecular complexity index is 1010. The normalized spacial score (nSPS) is 25.6. The smallest absolute Gasteiger partial charge is 0.410 e. The van der Waals surface area contributed by atoms with Gasteiger partial charge < -0.3 is 14.9 Å². The molecule has 0 aromatic heterocycles. The van der Waals surface area contributed by atoms with E-state index in [1.54, 1.807) is 0 Å². The topological polar surface area (TPSA) is 64.8 Å². The lowest BCUT2D eigenvalue weighted by atomic mass is 9.77. The molecule has 4 atom stereocenters. The number of hydrogen-bond acceptors (Lipinski definition) is 4. The molecule has 1 amide bonds. The molecule has 2 fully saturated rings. The molecule has 0 spiro atoms. The fourth-order valence-corrected chi connectivity index (χ4v) is 6.68. The van der Waals surface area contributed by atoms with Gasteiger partial charge in [-0.1, -0.05) is 63.2 Å². The van der Waals surface area contributed by atoms with Gasteiger partial charge in [-0.3, -0.25) is 4.90 Å². The molecule has 2 aliphatic rings.